The number of ether oxygens (including phenoxy) is 1. The molecule has 1 saturated heterocycles. The number of benzene rings is 2. The van der Waals surface area contributed by atoms with Gasteiger partial charge in [-0.1, -0.05) is 52.3 Å². The Labute approximate surface area is 132 Å². The molecular weight excluding hydrogens is 333 g/mol. The predicted octanol–water partition coefficient (Wildman–Crippen LogP) is 3.86. The van der Waals surface area contributed by atoms with Gasteiger partial charge in [0.2, 0.25) is 0 Å². The summed E-state index contributed by atoms with van der Waals surface area (Å²) in [6.45, 7) is 1.39. The van der Waals surface area contributed by atoms with Crippen LogP contribution in [0.3, 0.4) is 0 Å². The van der Waals surface area contributed by atoms with E-state index in [2.05, 4.69) is 45.5 Å². The lowest BCUT2D eigenvalue weighted by Gasteiger charge is -2.31. The first-order chi connectivity index (χ1) is 10.2. The third-order valence-electron chi connectivity index (χ3n) is 3.72. The molecule has 4 heteroatoms. The van der Waals surface area contributed by atoms with Gasteiger partial charge in [0.1, 0.15) is 5.82 Å². The summed E-state index contributed by atoms with van der Waals surface area (Å²) >= 11 is 3.40. The molecule has 1 heterocycles. The molecule has 2 atom stereocenters. The fraction of sp³-hybridized carbons (Fsp3) is 0.294. The van der Waals surface area contributed by atoms with Gasteiger partial charge in [0, 0.05) is 17.1 Å². The lowest BCUT2D eigenvalue weighted by Crippen LogP contribution is -2.44. The van der Waals surface area contributed by atoms with Crippen LogP contribution in [0.25, 0.3) is 0 Å². The molecule has 2 aromatic carbocycles. The van der Waals surface area contributed by atoms with Gasteiger partial charge in [-0.15, -0.1) is 0 Å². The fourth-order valence-corrected chi connectivity index (χ4v) is 3.22. The number of halogens is 2. The molecule has 0 amide bonds. The smallest absolute Gasteiger partial charge is 0.124 e. The third kappa shape index (κ3) is 3.70. The Bertz CT molecular complexity index is 597. The maximum Gasteiger partial charge on any atom is 0.124 e. The summed E-state index contributed by atoms with van der Waals surface area (Å²) in [6.07, 6.45) is 0.921. The van der Waals surface area contributed by atoms with Crippen molar-refractivity contribution in [2.24, 2.45) is 0 Å². The zero-order valence-corrected chi connectivity index (χ0v) is 13.1. The second-order valence-electron chi connectivity index (χ2n) is 5.28. The van der Waals surface area contributed by atoms with E-state index in [1.54, 1.807) is 6.07 Å². The van der Waals surface area contributed by atoms with E-state index in [0.717, 1.165) is 23.0 Å². The zero-order valence-electron chi connectivity index (χ0n) is 11.6. The predicted molar refractivity (Wildman–Crippen MR) is 84.7 cm³/mol. The highest BCUT2D eigenvalue weighted by Crippen LogP contribution is 2.28. The first kappa shape index (κ1) is 14.7. The van der Waals surface area contributed by atoms with E-state index in [-0.39, 0.29) is 11.9 Å². The van der Waals surface area contributed by atoms with Gasteiger partial charge in [0.25, 0.3) is 0 Å². The van der Waals surface area contributed by atoms with Crippen molar-refractivity contribution in [1.29, 1.82) is 0 Å². The number of morpholine rings is 1. The highest BCUT2D eigenvalue weighted by atomic mass is 79.9. The standard InChI is InChI=1S/C17H17BrFNO/c18-16-9-13(19)6-7-15(16)17-10-20-14(11-21-17)8-12-4-2-1-3-5-12/h1-7,9,14,17,20H,8,10-11H2. The zero-order chi connectivity index (χ0) is 14.7. The Hall–Kier alpha value is -1.23. The topological polar surface area (TPSA) is 21.3 Å². The van der Waals surface area contributed by atoms with Crippen molar-refractivity contribution in [2.75, 3.05) is 13.2 Å². The first-order valence-corrected chi connectivity index (χ1v) is 7.85. The van der Waals surface area contributed by atoms with Crippen LogP contribution in [0, 0.1) is 5.82 Å². The van der Waals surface area contributed by atoms with Crippen molar-refractivity contribution in [3.05, 3.63) is 69.9 Å². The highest BCUT2D eigenvalue weighted by molar-refractivity contribution is 9.10. The molecule has 0 radical (unpaired) electrons. The average molecular weight is 350 g/mol. The lowest BCUT2D eigenvalue weighted by atomic mass is 10.0. The molecule has 2 aromatic rings. The molecule has 2 unspecified atom stereocenters. The van der Waals surface area contributed by atoms with Gasteiger partial charge < -0.3 is 10.1 Å². The molecule has 0 spiro atoms. The van der Waals surface area contributed by atoms with Crippen molar-refractivity contribution in [1.82, 2.24) is 5.32 Å². The van der Waals surface area contributed by atoms with Crippen LogP contribution in [0.4, 0.5) is 4.39 Å². The van der Waals surface area contributed by atoms with E-state index in [9.17, 15) is 4.39 Å². The Kier molecular flexibility index (Phi) is 4.68. The summed E-state index contributed by atoms with van der Waals surface area (Å²) in [5, 5.41) is 3.52. The highest BCUT2D eigenvalue weighted by Gasteiger charge is 2.24. The summed E-state index contributed by atoms with van der Waals surface area (Å²) in [4.78, 5) is 0. The van der Waals surface area contributed by atoms with Crippen molar-refractivity contribution in [3.63, 3.8) is 0 Å². The second kappa shape index (κ2) is 6.69. The van der Waals surface area contributed by atoms with E-state index in [0.29, 0.717) is 12.6 Å². The van der Waals surface area contributed by atoms with Gasteiger partial charge in [0.15, 0.2) is 0 Å². The van der Waals surface area contributed by atoms with E-state index in [4.69, 9.17) is 4.74 Å². The maximum atomic E-state index is 13.1. The van der Waals surface area contributed by atoms with Crippen LogP contribution in [0.15, 0.2) is 53.0 Å². The van der Waals surface area contributed by atoms with Crippen LogP contribution in [-0.2, 0) is 11.2 Å². The molecule has 1 aliphatic rings. The van der Waals surface area contributed by atoms with E-state index < -0.39 is 0 Å². The van der Waals surface area contributed by atoms with Gasteiger partial charge in [0.05, 0.1) is 12.7 Å². The Morgan fingerprint density at radius 1 is 1.19 bits per heavy atom. The Morgan fingerprint density at radius 2 is 2.00 bits per heavy atom. The minimum absolute atomic E-state index is 0.0352. The largest absolute Gasteiger partial charge is 0.371 e. The monoisotopic (exact) mass is 349 g/mol. The summed E-state index contributed by atoms with van der Waals surface area (Å²) in [5.41, 5.74) is 2.29. The quantitative estimate of drug-likeness (QED) is 0.908. The number of nitrogens with one attached hydrogen (secondary N) is 1. The molecule has 110 valence electrons. The van der Waals surface area contributed by atoms with Crippen LogP contribution >= 0.6 is 15.9 Å². The lowest BCUT2D eigenvalue weighted by molar-refractivity contribution is 0.00265. The van der Waals surface area contributed by atoms with Crippen LogP contribution in [0.1, 0.15) is 17.2 Å². The van der Waals surface area contributed by atoms with E-state index in [1.165, 1.54) is 17.7 Å². The van der Waals surface area contributed by atoms with Gasteiger partial charge in [-0.2, -0.15) is 0 Å². The molecule has 0 saturated carbocycles. The van der Waals surface area contributed by atoms with Crippen molar-refractivity contribution in [2.45, 2.75) is 18.6 Å². The minimum atomic E-state index is -0.239. The molecule has 1 fully saturated rings. The SMILES string of the molecule is Fc1ccc(C2CNC(Cc3ccccc3)CO2)c(Br)c1. The van der Waals surface area contributed by atoms with Crippen LogP contribution in [0.5, 0.6) is 0 Å². The molecule has 1 N–H and O–H groups in total. The Morgan fingerprint density at radius 3 is 2.67 bits per heavy atom. The Balaban J connectivity index is 1.60. The van der Waals surface area contributed by atoms with E-state index >= 15 is 0 Å². The van der Waals surface area contributed by atoms with Crippen LogP contribution in [0.2, 0.25) is 0 Å². The molecule has 0 aromatic heterocycles. The fourth-order valence-electron chi connectivity index (χ4n) is 2.62. The summed E-state index contributed by atoms with van der Waals surface area (Å²) in [6, 6.07) is 15.4. The number of hydrogen-bond donors (Lipinski definition) is 1. The molecule has 0 bridgehead atoms. The molecule has 0 aliphatic carbocycles. The van der Waals surface area contributed by atoms with Crippen LogP contribution < -0.4 is 5.32 Å². The molecule has 3 rings (SSSR count). The minimum Gasteiger partial charge on any atom is -0.371 e. The van der Waals surface area contributed by atoms with Gasteiger partial charge >= 0.3 is 0 Å². The van der Waals surface area contributed by atoms with Crippen molar-refractivity contribution < 1.29 is 9.13 Å². The molecule has 2 nitrogen and oxygen atoms in total. The number of rotatable bonds is 3. The third-order valence-corrected chi connectivity index (χ3v) is 4.41. The van der Waals surface area contributed by atoms with Crippen LogP contribution in [-0.4, -0.2) is 19.2 Å². The summed E-state index contributed by atoms with van der Waals surface area (Å²) in [5.74, 6) is -0.239. The van der Waals surface area contributed by atoms with E-state index in [1.807, 2.05) is 6.07 Å². The molecule has 21 heavy (non-hydrogen) atoms. The number of hydrogen-bond acceptors (Lipinski definition) is 2. The van der Waals surface area contributed by atoms with Gasteiger partial charge in [-0.3, -0.25) is 0 Å². The molecular formula is C17H17BrFNO. The van der Waals surface area contributed by atoms with Crippen molar-refractivity contribution >= 4 is 15.9 Å². The maximum absolute atomic E-state index is 13.1. The molecule has 1 aliphatic heterocycles. The average Bonchev–Trinajstić information content (AvgIpc) is 2.49. The summed E-state index contributed by atoms with van der Waals surface area (Å²) < 4.78 is 19.8. The first-order valence-electron chi connectivity index (χ1n) is 7.06. The summed E-state index contributed by atoms with van der Waals surface area (Å²) in [7, 11) is 0. The second-order valence-corrected chi connectivity index (χ2v) is 6.14. The van der Waals surface area contributed by atoms with Crippen molar-refractivity contribution in [3.8, 4) is 0 Å². The van der Waals surface area contributed by atoms with Gasteiger partial charge in [-0.05, 0) is 29.7 Å². The normalized spacial score (nSPS) is 22.2. The van der Waals surface area contributed by atoms with Gasteiger partial charge in [-0.25, -0.2) is 4.39 Å².